The van der Waals surface area contributed by atoms with Crippen LogP contribution in [0.2, 0.25) is 18.1 Å². The van der Waals surface area contributed by atoms with Crippen molar-refractivity contribution in [3.05, 3.63) is 65.7 Å². The molecule has 0 amide bonds. The second-order valence-electron chi connectivity index (χ2n) is 6.24. The summed E-state index contributed by atoms with van der Waals surface area (Å²) in [5, 5.41) is 0. The molecule has 0 N–H and O–H groups in total. The molecule has 0 aliphatic rings. The highest BCUT2D eigenvalue weighted by molar-refractivity contribution is 6.73. The average Bonchev–Trinajstić information content (AvgIpc) is 2.70. The first-order chi connectivity index (χ1) is 12.1. The maximum atomic E-state index is 13.2. The van der Waals surface area contributed by atoms with Crippen molar-refractivity contribution in [1.29, 1.82) is 0 Å². The Hall–Kier alpha value is -1.91. The molecule has 25 heavy (non-hydrogen) atoms. The van der Waals surface area contributed by atoms with Gasteiger partial charge < -0.3 is 9.16 Å². The molecule has 3 nitrogen and oxygen atoms in total. The molecule has 0 saturated carbocycles. The van der Waals surface area contributed by atoms with E-state index in [1.807, 2.05) is 54.6 Å². The van der Waals surface area contributed by atoms with Crippen molar-refractivity contribution in [1.82, 2.24) is 0 Å². The fraction of sp³-hybridized carbons (Fsp3) is 0.381. The van der Waals surface area contributed by atoms with Gasteiger partial charge in [-0.05, 0) is 48.0 Å². The van der Waals surface area contributed by atoms with Gasteiger partial charge in [0.25, 0.3) is 0 Å². The van der Waals surface area contributed by atoms with Crippen LogP contribution in [0.4, 0.5) is 0 Å². The lowest BCUT2D eigenvalue weighted by Crippen LogP contribution is -2.39. The Morgan fingerprint density at radius 3 is 1.96 bits per heavy atom. The van der Waals surface area contributed by atoms with E-state index in [0.717, 1.165) is 29.4 Å². The Labute approximate surface area is 152 Å². The lowest BCUT2D eigenvalue weighted by atomic mass is 10.00. The van der Waals surface area contributed by atoms with Crippen LogP contribution >= 0.6 is 0 Å². The molecule has 0 spiro atoms. The van der Waals surface area contributed by atoms with Crippen molar-refractivity contribution in [2.75, 3.05) is 7.11 Å². The molecule has 0 heterocycles. The highest BCUT2D eigenvalue weighted by atomic mass is 28.4. The van der Waals surface area contributed by atoms with E-state index in [1.54, 1.807) is 7.11 Å². The molecule has 134 valence electrons. The number of carbonyl (C=O) groups excluding carboxylic acids is 1. The molecule has 2 aromatic rings. The van der Waals surface area contributed by atoms with Crippen LogP contribution in [-0.2, 0) is 4.43 Å². The van der Waals surface area contributed by atoms with Gasteiger partial charge in [0.15, 0.2) is 14.1 Å². The molecule has 0 bridgehead atoms. The summed E-state index contributed by atoms with van der Waals surface area (Å²) in [6.07, 6.45) is -0.541. The SMILES string of the molecule is CC[Si](CC)(CC)OC(C(=O)c1ccc(OC)cc1)c1ccccc1. The first kappa shape index (κ1) is 19.4. The number of Topliss-reactive ketones (excluding diaryl/α,β-unsaturated/α-hetero) is 1. The van der Waals surface area contributed by atoms with Crippen LogP contribution in [-0.4, -0.2) is 21.2 Å². The first-order valence-corrected chi connectivity index (χ1v) is 11.5. The summed E-state index contributed by atoms with van der Waals surface area (Å²) in [6.45, 7) is 6.54. The molecule has 0 radical (unpaired) electrons. The minimum Gasteiger partial charge on any atom is -0.497 e. The molecule has 0 fully saturated rings. The van der Waals surface area contributed by atoms with E-state index in [9.17, 15) is 4.79 Å². The summed E-state index contributed by atoms with van der Waals surface area (Å²) in [5.74, 6) is 0.759. The van der Waals surface area contributed by atoms with Crippen LogP contribution in [0.5, 0.6) is 5.75 Å². The number of methoxy groups -OCH3 is 1. The summed E-state index contributed by atoms with van der Waals surface area (Å²) >= 11 is 0. The maximum absolute atomic E-state index is 13.2. The van der Waals surface area contributed by atoms with Crippen LogP contribution in [0.25, 0.3) is 0 Å². The number of rotatable bonds is 9. The second-order valence-corrected chi connectivity index (χ2v) is 11.0. The fourth-order valence-electron chi connectivity index (χ4n) is 3.06. The van der Waals surface area contributed by atoms with E-state index >= 15 is 0 Å². The zero-order valence-electron chi connectivity index (χ0n) is 15.6. The quantitative estimate of drug-likeness (QED) is 0.431. The average molecular weight is 357 g/mol. The minimum absolute atomic E-state index is 0.0149. The molecular weight excluding hydrogens is 328 g/mol. The third-order valence-electron chi connectivity index (χ3n) is 5.02. The monoisotopic (exact) mass is 356 g/mol. The van der Waals surface area contributed by atoms with E-state index in [4.69, 9.17) is 9.16 Å². The molecule has 2 aromatic carbocycles. The smallest absolute Gasteiger partial charge is 0.194 e. The summed E-state index contributed by atoms with van der Waals surface area (Å²) < 4.78 is 11.8. The Bertz CT molecular complexity index is 655. The minimum atomic E-state index is -1.92. The summed E-state index contributed by atoms with van der Waals surface area (Å²) in [7, 11) is -0.301. The molecule has 0 aliphatic carbocycles. The van der Waals surface area contributed by atoms with Crippen molar-refractivity contribution in [2.45, 2.75) is 45.0 Å². The van der Waals surface area contributed by atoms with Gasteiger partial charge in [0.1, 0.15) is 11.9 Å². The molecule has 2 rings (SSSR count). The molecule has 1 unspecified atom stereocenters. The second kappa shape index (κ2) is 8.97. The number of carbonyl (C=O) groups is 1. The fourth-order valence-corrected chi connectivity index (χ4v) is 5.80. The van der Waals surface area contributed by atoms with Gasteiger partial charge in [-0.2, -0.15) is 0 Å². The molecule has 0 aliphatic heterocycles. The number of hydrogen-bond acceptors (Lipinski definition) is 3. The van der Waals surface area contributed by atoms with E-state index in [1.165, 1.54) is 0 Å². The van der Waals surface area contributed by atoms with Crippen molar-refractivity contribution < 1.29 is 14.0 Å². The maximum Gasteiger partial charge on any atom is 0.194 e. The highest BCUT2D eigenvalue weighted by Crippen LogP contribution is 2.32. The van der Waals surface area contributed by atoms with Gasteiger partial charge in [-0.25, -0.2) is 0 Å². The Morgan fingerprint density at radius 2 is 1.48 bits per heavy atom. The largest absolute Gasteiger partial charge is 0.497 e. The third kappa shape index (κ3) is 4.59. The van der Waals surface area contributed by atoms with Gasteiger partial charge in [-0.3, -0.25) is 4.79 Å². The molecule has 4 heteroatoms. The van der Waals surface area contributed by atoms with Crippen LogP contribution in [0.3, 0.4) is 0 Å². The van der Waals surface area contributed by atoms with Gasteiger partial charge in [-0.1, -0.05) is 51.1 Å². The third-order valence-corrected chi connectivity index (χ3v) is 9.62. The van der Waals surface area contributed by atoms with Crippen LogP contribution in [0, 0.1) is 0 Å². The van der Waals surface area contributed by atoms with Gasteiger partial charge in [-0.15, -0.1) is 0 Å². The predicted octanol–water partition coefficient (Wildman–Crippen LogP) is 5.64. The van der Waals surface area contributed by atoms with Gasteiger partial charge in [0.2, 0.25) is 0 Å². The van der Waals surface area contributed by atoms with Crippen molar-refractivity contribution in [3.8, 4) is 5.75 Å². The first-order valence-electron chi connectivity index (χ1n) is 9.00. The molecule has 1 atom stereocenters. The summed E-state index contributed by atoms with van der Waals surface area (Å²) in [5.41, 5.74) is 1.58. The zero-order valence-corrected chi connectivity index (χ0v) is 16.6. The lowest BCUT2D eigenvalue weighted by molar-refractivity contribution is 0.0772. The lowest BCUT2D eigenvalue weighted by Gasteiger charge is -2.33. The van der Waals surface area contributed by atoms with Gasteiger partial charge in [0, 0.05) is 5.56 Å². The van der Waals surface area contributed by atoms with Gasteiger partial charge >= 0.3 is 0 Å². The number of ether oxygens (including phenoxy) is 1. The van der Waals surface area contributed by atoms with E-state index in [2.05, 4.69) is 20.8 Å². The van der Waals surface area contributed by atoms with Crippen LogP contribution in [0.15, 0.2) is 54.6 Å². The predicted molar refractivity (Wildman–Crippen MR) is 105 cm³/mol. The highest BCUT2D eigenvalue weighted by Gasteiger charge is 2.35. The molecule has 0 saturated heterocycles. The summed E-state index contributed by atoms with van der Waals surface area (Å²) in [6, 6.07) is 20.1. The number of ketones is 1. The molecular formula is C21H28O3Si. The summed E-state index contributed by atoms with van der Waals surface area (Å²) in [4.78, 5) is 13.2. The number of benzene rings is 2. The topological polar surface area (TPSA) is 35.5 Å². The zero-order chi connectivity index (χ0) is 18.3. The van der Waals surface area contributed by atoms with Crippen molar-refractivity contribution >= 4 is 14.1 Å². The molecule has 0 aromatic heterocycles. The standard InChI is InChI=1S/C21H28O3Si/c1-5-25(6-2,7-3)24-21(18-11-9-8-10-12-18)20(22)17-13-15-19(23-4)16-14-17/h8-16,21H,5-7H2,1-4H3. The van der Waals surface area contributed by atoms with Gasteiger partial charge in [0.05, 0.1) is 7.11 Å². The van der Waals surface area contributed by atoms with E-state index in [-0.39, 0.29) is 5.78 Å². The van der Waals surface area contributed by atoms with E-state index < -0.39 is 14.4 Å². The van der Waals surface area contributed by atoms with Crippen molar-refractivity contribution in [2.24, 2.45) is 0 Å². The van der Waals surface area contributed by atoms with Crippen LogP contribution < -0.4 is 4.74 Å². The normalized spacial score (nSPS) is 12.6. The Kier molecular flexibility index (Phi) is 6.97. The Morgan fingerprint density at radius 1 is 0.920 bits per heavy atom. The van der Waals surface area contributed by atoms with Crippen LogP contribution in [0.1, 0.15) is 42.8 Å². The van der Waals surface area contributed by atoms with Crippen molar-refractivity contribution in [3.63, 3.8) is 0 Å². The number of hydrogen-bond donors (Lipinski definition) is 0. The van der Waals surface area contributed by atoms with E-state index in [0.29, 0.717) is 5.56 Å². The Balaban J connectivity index is 2.38.